The van der Waals surface area contributed by atoms with Crippen molar-refractivity contribution >= 4 is 17.3 Å². The molecule has 0 saturated heterocycles. The van der Waals surface area contributed by atoms with Gasteiger partial charge in [0.1, 0.15) is 5.75 Å². The highest BCUT2D eigenvalue weighted by molar-refractivity contribution is 6.08. The van der Waals surface area contributed by atoms with Gasteiger partial charge < -0.3 is 15.8 Å². The van der Waals surface area contributed by atoms with Crippen LogP contribution in [-0.4, -0.2) is 13.0 Å². The van der Waals surface area contributed by atoms with E-state index in [1.165, 1.54) is 7.11 Å². The number of aryl methyl sites for hydroxylation is 1. The Kier molecular flexibility index (Phi) is 3.94. The van der Waals surface area contributed by atoms with Crippen molar-refractivity contribution in [3.05, 3.63) is 53.1 Å². The number of rotatable bonds is 3. The summed E-state index contributed by atoms with van der Waals surface area (Å²) in [6.07, 6.45) is 0. The van der Waals surface area contributed by atoms with Crippen LogP contribution in [-0.2, 0) is 0 Å². The van der Waals surface area contributed by atoms with Gasteiger partial charge in [0, 0.05) is 5.69 Å². The van der Waals surface area contributed by atoms with Crippen LogP contribution in [0.1, 0.15) is 21.5 Å². The second-order valence-corrected chi connectivity index (χ2v) is 4.62. The molecule has 2 rings (SSSR count). The third kappa shape index (κ3) is 2.59. The number of anilines is 2. The number of ether oxygens (including phenoxy) is 1. The Labute approximate surface area is 118 Å². The summed E-state index contributed by atoms with van der Waals surface area (Å²) >= 11 is 0. The summed E-state index contributed by atoms with van der Waals surface area (Å²) in [6.45, 7) is 3.98. The van der Waals surface area contributed by atoms with Crippen LogP contribution in [0.3, 0.4) is 0 Å². The van der Waals surface area contributed by atoms with Crippen molar-refractivity contribution in [3.63, 3.8) is 0 Å². The molecule has 2 aromatic carbocycles. The van der Waals surface area contributed by atoms with Crippen LogP contribution in [0.5, 0.6) is 5.75 Å². The molecule has 2 aromatic rings. The fraction of sp³-hybridized carbons (Fsp3) is 0.188. The lowest BCUT2D eigenvalue weighted by Gasteiger charge is -2.13. The third-order valence-electron chi connectivity index (χ3n) is 3.38. The van der Waals surface area contributed by atoms with Gasteiger partial charge in [-0.05, 0) is 43.2 Å². The van der Waals surface area contributed by atoms with Crippen molar-refractivity contribution in [3.8, 4) is 5.75 Å². The lowest BCUT2D eigenvalue weighted by Crippen LogP contribution is -2.15. The van der Waals surface area contributed by atoms with Crippen LogP contribution >= 0.6 is 0 Å². The lowest BCUT2D eigenvalue weighted by molar-refractivity contribution is 0.102. The van der Waals surface area contributed by atoms with Crippen LogP contribution < -0.4 is 15.8 Å². The molecule has 0 heterocycles. The molecule has 0 aliphatic carbocycles. The highest BCUT2D eigenvalue weighted by Gasteiger charge is 2.14. The van der Waals surface area contributed by atoms with Gasteiger partial charge in [0.05, 0.1) is 18.4 Å². The van der Waals surface area contributed by atoms with Gasteiger partial charge >= 0.3 is 0 Å². The summed E-state index contributed by atoms with van der Waals surface area (Å²) in [5.74, 6) is 0.258. The predicted octanol–water partition coefficient (Wildman–Crippen LogP) is 3.15. The zero-order valence-electron chi connectivity index (χ0n) is 11.9. The van der Waals surface area contributed by atoms with Crippen molar-refractivity contribution in [2.45, 2.75) is 13.8 Å². The Bertz CT molecular complexity index is 651. The maximum Gasteiger partial charge on any atom is 0.257 e. The molecule has 0 bridgehead atoms. The number of para-hydroxylation sites is 1. The fourth-order valence-electron chi connectivity index (χ4n) is 2.00. The largest absolute Gasteiger partial charge is 0.495 e. The second-order valence-electron chi connectivity index (χ2n) is 4.62. The first-order chi connectivity index (χ1) is 9.54. The van der Waals surface area contributed by atoms with Crippen molar-refractivity contribution in [2.24, 2.45) is 0 Å². The molecule has 0 saturated carbocycles. The molecule has 4 nitrogen and oxygen atoms in total. The monoisotopic (exact) mass is 270 g/mol. The molecule has 0 atom stereocenters. The molecule has 0 fully saturated rings. The van der Waals surface area contributed by atoms with Crippen LogP contribution in [0, 0.1) is 13.8 Å². The summed E-state index contributed by atoms with van der Waals surface area (Å²) in [4.78, 5) is 12.3. The molecule has 0 aliphatic heterocycles. The summed E-state index contributed by atoms with van der Waals surface area (Å²) in [7, 11) is 1.53. The van der Waals surface area contributed by atoms with Crippen LogP contribution in [0.2, 0.25) is 0 Å². The maximum atomic E-state index is 12.3. The minimum Gasteiger partial charge on any atom is -0.495 e. The van der Waals surface area contributed by atoms with Crippen molar-refractivity contribution < 1.29 is 9.53 Å². The average molecular weight is 270 g/mol. The van der Waals surface area contributed by atoms with E-state index in [4.69, 9.17) is 10.5 Å². The molecule has 3 N–H and O–H groups in total. The number of amides is 1. The van der Waals surface area contributed by atoms with E-state index in [2.05, 4.69) is 5.32 Å². The van der Waals surface area contributed by atoms with E-state index in [9.17, 15) is 4.79 Å². The number of hydrogen-bond donors (Lipinski definition) is 2. The van der Waals surface area contributed by atoms with Gasteiger partial charge in [0.15, 0.2) is 0 Å². The van der Waals surface area contributed by atoms with Gasteiger partial charge in [-0.3, -0.25) is 4.79 Å². The molecule has 0 radical (unpaired) electrons. The van der Waals surface area contributed by atoms with E-state index < -0.39 is 0 Å². The molecule has 1 amide bonds. The normalized spacial score (nSPS) is 10.2. The van der Waals surface area contributed by atoms with Crippen molar-refractivity contribution in [1.82, 2.24) is 0 Å². The highest BCUT2D eigenvalue weighted by atomic mass is 16.5. The Balaban J connectivity index is 2.31. The van der Waals surface area contributed by atoms with E-state index >= 15 is 0 Å². The molecular weight excluding hydrogens is 252 g/mol. The molecule has 0 spiro atoms. The summed E-state index contributed by atoms with van der Waals surface area (Å²) in [6, 6.07) is 10.9. The molecule has 20 heavy (non-hydrogen) atoms. The zero-order chi connectivity index (χ0) is 14.7. The SMILES string of the molecule is COc1cccc(C(=O)Nc2cccc(C)c2C)c1N. The standard InChI is InChI=1S/C16H18N2O2/c1-10-6-4-8-13(11(10)2)18-16(19)12-7-5-9-14(20-3)15(12)17/h4-9H,17H2,1-3H3,(H,18,19). The Morgan fingerprint density at radius 2 is 1.85 bits per heavy atom. The molecule has 0 aliphatic rings. The number of carbonyl (C=O) groups excluding carboxylic acids is 1. The van der Waals surface area contributed by atoms with Gasteiger partial charge in [-0.1, -0.05) is 18.2 Å². The van der Waals surface area contributed by atoms with Crippen LogP contribution in [0.4, 0.5) is 11.4 Å². The van der Waals surface area contributed by atoms with E-state index in [0.717, 1.165) is 16.8 Å². The van der Waals surface area contributed by atoms with E-state index in [0.29, 0.717) is 17.0 Å². The van der Waals surface area contributed by atoms with Gasteiger partial charge in [-0.2, -0.15) is 0 Å². The summed E-state index contributed by atoms with van der Waals surface area (Å²) in [5.41, 5.74) is 9.64. The first-order valence-corrected chi connectivity index (χ1v) is 6.34. The smallest absolute Gasteiger partial charge is 0.257 e. The van der Waals surface area contributed by atoms with Gasteiger partial charge in [-0.15, -0.1) is 0 Å². The molecule has 104 valence electrons. The molecule has 0 unspecified atom stereocenters. The van der Waals surface area contributed by atoms with Gasteiger partial charge in [0.25, 0.3) is 5.91 Å². The second kappa shape index (κ2) is 5.65. The summed E-state index contributed by atoms with van der Waals surface area (Å²) in [5, 5.41) is 2.88. The minimum atomic E-state index is -0.241. The first kappa shape index (κ1) is 13.9. The van der Waals surface area contributed by atoms with Gasteiger partial charge in [0.2, 0.25) is 0 Å². The van der Waals surface area contributed by atoms with E-state index in [-0.39, 0.29) is 5.91 Å². The highest BCUT2D eigenvalue weighted by Crippen LogP contribution is 2.26. The first-order valence-electron chi connectivity index (χ1n) is 6.34. The lowest BCUT2D eigenvalue weighted by atomic mass is 10.1. The summed E-state index contributed by atoms with van der Waals surface area (Å²) < 4.78 is 5.12. The van der Waals surface area contributed by atoms with Crippen LogP contribution in [0.15, 0.2) is 36.4 Å². The topological polar surface area (TPSA) is 64.3 Å². The predicted molar refractivity (Wildman–Crippen MR) is 81.3 cm³/mol. The number of benzene rings is 2. The number of nitrogens with one attached hydrogen (secondary N) is 1. The van der Waals surface area contributed by atoms with E-state index in [1.54, 1.807) is 18.2 Å². The Hall–Kier alpha value is -2.49. The third-order valence-corrected chi connectivity index (χ3v) is 3.38. The maximum absolute atomic E-state index is 12.3. The van der Waals surface area contributed by atoms with Crippen molar-refractivity contribution in [1.29, 1.82) is 0 Å². The number of carbonyl (C=O) groups is 1. The minimum absolute atomic E-state index is 0.241. The molecular formula is C16H18N2O2. The van der Waals surface area contributed by atoms with Crippen LogP contribution in [0.25, 0.3) is 0 Å². The Morgan fingerprint density at radius 3 is 2.55 bits per heavy atom. The van der Waals surface area contributed by atoms with E-state index in [1.807, 2.05) is 32.0 Å². The zero-order valence-corrected chi connectivity index (χ0v) is 11.9. The quantitative estimate of drug-likeness (QED) is 0.842. The van der Waals surface area contributed by atoms with Gasteiger partial charge in [-0.25, -0.2) is 0 Å². The number of hydrogen-bond acceptors (Lipinski definition) is 3. The van der Waals surface area contributed by atoms with Crippen molar-refractivity contribution in [2.75, 3.05) is 18.2 Å². The molecule has 4 heteroatoms. The fourth-order valence-corrected chi connectivity index (χ4v) is 2.00. The average Bonchev–Trinajstić information content (AvgIpc) is 2.44. The Morgan fingerprint density at radius 1 is 1.15 bits per heavy atom. The molecule has 0 aromatic heterocycles. The number of nitrogen functional groups attached to an aromatic ring is 1. The number of nitrogens with two attached hydrogens (primary N) is 1. The number of methoxy groups -OCH3 is 1.